The van der Waals surface area contributed by atoms with Gasteiger partial charge >= 0.3 is 0 Å². The average molecular weight is 391 g/mol. The fourth-order valence-corrected chi connectivity index (χ4v) is 3.67. The Balaban J connectivity index is 1.62. The first-order valence-corrected chi connectivity index (χ1v) is 10.3. The van der Waals surface area contributed by atoms with Crippen molar-refractivity contribution in [3.05, 3.63) is 36.5 Å². The second kappa shape index (κ2) is 11.5. The molecule has 1 heterocycles. The normalized spacial score (nSPS) is 11.1. The summed E-state index contributed by atoms with van der Waals surface area (Å²) in [5.74, 6) is 1.03. The van der Waals surface area contributed by atoms with Crippen molar-refractivity contribution < 1.29 is 0 Å². The molecule has 0 fully saturated rings. The highest BCUT2D eigenvalue weighted by Crippen LogP contribution is 2.26. The topological polar surface area (TPSA) is 16.1 Å². The molecule has 0 aliphatic heterocycles. The van der Waals surface area contributed by atoms with Crippen molar-refractivity contribution in [3.63, 3.8) is 0 Å². The van der Waals surface area contributed by atoms with Gasteiger partial charge in [0.1, 0.15) is 5.82 Å². The minimum Gasteiger partial charge on any atom is -0.293 e. The van der Waals surface area contributed by atoms with Gasteiger partial charge in [-0.3, -0.25) is 3.93 Å². The highest BCUT2D eigenvalue weighted by Gasteiger charge is 2.08. The maximum atomic E-state index is 4.55. The summed E-state index contributed by atoms with van der Waals surface area (Å²) < 4.78 is 2.13. The molecule has 2 aromatic rings. The van der Waals surface area contributed by atoms with Gasteiger partial charge in [0.15, 0.2) is 0 Å². The van der Waals surface area contributed by atoms with Gasteiger partial charge in [0, 0.05) is 18.1 Å². The molecule has 3 heteroatoms. The van der Waals surface area contributed by atoms with Crippen molar-refractivity contribution in [1.82, 2.24) is 4.98 Å². The highest BCUT2D eigenvalue weighted by atomic mass is 79.9. The first-order chi connectivity index (χ1) is 11.8. The summed E-state index contributed by atoms with van der Waals surface area (Å²) in [6.07, 6.45) is 15.6. The van der Waals surface area contributed by atoms with Crippen molar-refractivity contribution in [2.75, 3.05) is 10.5 Å². The molecule has 0 saturated carbocycles. The van der Waals surface area contributed by atoms with Crippen LogP contribution < -0.4 is 3.93 Å². The zero-order chi connectivity index (χ0) is 17.0. The third kappa shape index (κ3) is 6.43. The van der Waals surface area contributed by atoms with Gasteiger partial charge < -0.3 is 0 Å². The Morgan fingerprint density at radius 2 is 1.46 bits per heavy atom. The maximum Gasteiger partial charge on any atom is 0.146 e. The van der Waals surface area contributed by atoms with Crippen molar-refractivity contribution in [2.24, 2.45) is 0 Å². The van der Waals surface area contributed by atoms with Crippen LogP contribution in [0.3, 0.4) is 0 Å². The molecule has 0 bridgehead atoms. The van der Waals surface area contributed by atoms with E-state index in [1.807, 2.05) is 6.20 Å². The molecule has 2 rings (SSSR count). The Kier molecular flexibility index (Phi) is 9.19. The van der Waals surface area contributed by atoms with Crippen LogP contribution in [0.25, 0.3) is 10.8 Å². The van der Waals surface area contributed by atoms with Gasteiger partial charge in [0.05, 0.1) is 16.1 Å². The number of unbranched alkanes of at least 4 members (excludes halogenated alkanes) is 9. The number of hydrogen-bond acceptors (Lipinski definition) is 2. The largest absolute Gasteiger partial charge is 0.293 e. The van der Waals surface area contributed by atoms with Gasteiger partial charge in [-0.25, -0.2) is 4.98 Å². The molecule has 0 unspecified atom stereocenters. The Morgan fingerprint density at radius 3 is 2.17 bits per heavy atom. The molecular weight excluding hydrogens is 360 g/mol. The van der Waals surface area contributed by atoms with Gasteiger partial charge in [-0.1, -0.05) is 89.0 Å². The monoisotopic (exact) mass is 390 g/mol. The van der Waals surface area contributed by atoms with E-state index in [-0.39, 0.29) is 0 Å². The molecule has 0 aliphatic rings. The van der Waals surface area contributed by atoms with Crippen LogP contribution in [0.15, 0.2) is 36.5 Å². The molecule has 1 aromatic heterocycles. The fourth-order valence-electron chi connectivity index (χ4n) is 3.14. The van der Waals surface area contributed by atoms with Crippen LogP contribution in [-0.2, 0) is 0 Å². The molecule has 0 N–H and O–H groups in total. The number of fused-ring (bicyclic) bond motifs is 1. The predicted molar refractivity (Wildman–Crippen MR) is 110 cm³/mol. The SMILES string of the molecule is CCCCCCCCCCCCN(Br)c1nccc2ccccc12. The molecule has 132 valence electrons. The molecule has 1 aromatic carbocycles. The molecule has 0 amide bonds. The fraction of sp³-hybridized carbons (Fsp3) is 0.571. The average Bonchev–Trinajstić information content (AvgIpc) is 2.62. The number of aromatic nitrogens is 1. The van der Waals surface area contributed by atoms with E-state index in [1.165, 1.54) is 75.0 Å². The number of nitrogens with zero attached hydrogens (tertiary/aromatic N) is 2. The van der Waals surface area contributed by atoms with E-state index in [9.17, 15) is 0 Å². The summed E-state index contributed by atoms with van der Waals surface area (Å²) >= 11 is 3.70. The quantitative estimate of drug-likeness (QED) is 0.279. The number of halogens is 1. The van der Waals surface area contributed by atoms with Gasteiger partial charge in [-0.2, -0.15) is 0 Å². The number of hydrogen-bond donors (Lipinski definition) is 0. The third-order valence-electron chi connectivity index (χ3n) is 4.59. The zero-order valence-electron chi connectivity index (χ0n) is 15.0. The van der Waals surface area contributed by atoms with Gasteiger partial charge in [0.2, 0.25) is 0 Å². The van der Waals surface area contributed by atoms with Crippen LogP contribution in [0, 0.1) is 0 Å². The summed E-state index contributed by atoms with van der Waals surface area (Å²) in [7, 11) is 0. The molecule has 2 nitrogen and oxygen atoms in total. The lowest BCUT2D eigenvalue weighted by atomic mass is 10.1. The third-order valence-corrected chi connectivity index (χ3v) is 5.28. The van der Waals surface area contributed by atoms with Crippen molar-refractivity contribution in [1.29, 1.82) is 0 Å². The molecule has 0 saturated heterocycles. The van der Waals surface area contributed by atoms with Gasteiger partial charge in [-0.05, 0) is 17.9 Å². The van der Waals surface area contributed by atoms with E-state index < -0.39 is 0 Å². The highest BCUT2D eigenvalue weighted by molar-refractivity contribution is 9.10. The van der Waals surface area contributed by atoms with Gasteiger partial charge in [0.25, 0.3) is 0 Å². The maximum absolute atomic E-state index is 4.55. The van der Waals surface area contributed by atoms with Crippen LogP contribution in [0.5, 0.6) is 0 Å². The first-order valence-electron chi connectivity index (χ1n) is 9.60. The Morgan fingerprint density at radius 1 is 0.833 bits per heavy atom. The van der Waals surface area contributed by atoms with Crippen LogP contribution in [0.4, 0.5) is 5.82 Å². The van der Waals surface area contributed by atoms with Crippen LogP contribution >= 0.6 is 16.1 Å². The van der Waals surface area contributed by atoms with Crippen molar-refractivity contribution >= 4 is 32.7 Å². The van der Waals surface area contributed by atoms with Crippen LogP contribution in [-0.4, -0.2) is 11.5 Å². The van der Waals surface area contributed by atoms with Crippen molar-refractivity contribution in [2.45, 2.75) is 71.1 Å². The molecule has 0 radical (unpaired) electrons. The van der Waals surface area contributed by atoms with E-state index in [4.69, 9.17) is 0 Å². The van der Waals surface area contributed by atoms with Gasteiger partial charge in [-0.15, -0.1) is 0 Å². The lowest BCUT2D eigenvalue weighted by Crippen LogP contribution is -2.12. The van der Waals surface area contributed by atoms with Crippen molar-refractivity contribution in [3.8, 4) is 0 Å². The summed E-state index contributed by atoms with van der Waals surface area (Å²) in [5.41, 5.74) is 0. The first kappa shape index (κ1) is 19.2. The predicted octanol–water partition coefficient (Wildman–Crippen LogP) is 7.27. The Hall–Kier alpha value is -1.09. The lowest BCUT2D eigenvalue weighted by Gasteiger charge is -2.17. The van der Waals surface area contributed by atoms with E-state index in [2.05, 4.69) is 62.3 Å². The number of benzene rings is 1. The molecule has 0 spiro atoms. The minimum atomic E-state index is 1.01. The summed E-state index contributed by atoms with van der Waals surface area (Å²) in [4.78, 5) is 4.55. The molecular formula is C21H31BrN2. The van der Waals surface area contributed by atoms with E-state index >= 15 is 0 Å². The Bertz CT molecular complexity index is 580. The summed E-state index contributed by atoms with van der Waals surface area (Å²) in [6, 6.07) is 10.5. The second-order valence-electron chi connectivity index (χ2n) is 6.62. The number of rotatable bonds is 12. The molecule has 0 aliphatic carbocycles. The number of anilines is 1. The van der Waals surface area contributed by atoms with E-state index in [0.29, 0.717) is 0 Å². The molecule has 24 heavy (non-hydrogen) atoms. The number of pyridine rings is 1. The standard InChI is InChI=1S/C21H31BrN2/c1-2-3-4-5-6-7-8-9-10-13-18-24(22)21-20-15-12-11-14-19(20)16-17-23-21/h11-12,14-17H,2-10,13,18H2,1H3. The smallest absolute Gasteiger partial charge is 0.146 e. The zero-order valence-corrected chi connectivity index (χ0v) is 16.6. The minimum absolute atomic E-state index is 1.01. The molecule has 0 atom stereocenters. The summed E-state index contributed by atoms with van der Waals surface area (Å²) in [6.45, 7) is 3.29. The lowest BCUT2D eigenvalue weighted by molar-refractivity contribution is 0.558. The summed E-state index contributed by atoms with van der Waals surface area (Å²) in [5, 5.41) is 2.46. The second-order valence-corrected chi connectivity index (χ2v) is 7.48. The van der Waals surface area contributed by atoms with E-state index in [0.717, 1.165) is 12.4 Å². The Labute approximate surface area is 156 Å². The van der Waals surface area contributed by atoms with Crippen LogP contribution in [0.2, 0.25) is 0 Å². The van der Waals surface area contributed by atoms with Crippen LogP contribution in [0.1, 0.15) is 71.1 Å². The van der Waals surface area contributed by atoms with E-state index in [1.54, 1.807) is 0 Å².